The van der Waals surface area contributed by atoms with Gasteiger partial charge in [0.25, 0.3) is 5.91 Å². The molecule has 5 heteroatoms. The molecule has 5 nitrogen and oxygen atoms in total. The van der Waals surface area contributed by atoms with E-state index in [1.165, 1.54) is 6.20 Å². The third-order valence-electron chi connectivity index (χ3n) is 4.14. The topological polar surface area (TPSA) is 58.1 Å². The molecule has 0 bridgehead atoms. The zero-order valence-electron chi connectivity index (χ0n) is 15.0. The summed E-state index contributed by atoms with van der Waals surface area (Å²) in [5.41, 5.74) is 2.57. The first-order chi connectivity index (χ1) is 12.6. The lowest BCUT2D eigenvalue weighted by atomic mass is 10.1. The molecule has 0 aliphatic rings. The van der Waals surface area contributed by atoms with Gasteiger partial charge in [0.1, 0.15) is 11.5 Å². The van der Waals surface area contributed by atoms with E-state index in [1.54, 1.807) is 18.1 Å². The molecule has 0 aliphatic heterocycles. The van der Waals surface area contributed by atoms with Crippen molar-refractivity contribution in [1.82, 2.24) is 14.9 Å². The lowest BCUT2D eigenvalue weighted by molar-refractivity contribution is 0.0779. The number of benzene rings is 2. The number of anilines is 1. The van der Waals surface area contributed by atoms with Crippen molar-refractivity contribution in [1.29, 1.82) is 0 Å². The predicted octanol–water partition coefficient (Wildman–Crippen LogP) is 3.92. The van der Waals surface area contributed by atoms with Gasteiger partial charge in [-0.15, -0.1) is 0 Å². The Bertz CT molecular complexity index is 835. The van der Waals surface area contributed by atoms with E-state index in [1.807, 2.05) is 48.5 Å². The van der Waals surface area contributed by atoms with Gasteiger partial charge in [0, 0.05) is 19.6 Å². The van der Waals surface area contributed by atoms with Gasteiger partial charge in [0.15, 0.2) is 0 Å². The van der Waals surface area contributed by atoms with Crippen molar-refractivity contribution in [2.75, 3.05) is 12.4 Å². The van der Waals surface area contributed by atoms with E-state index in [2.05, 4.69) is 34.3 Å². The summed E-state index contributed by atoms with van der Waals surface area (Å²) in [5.74, 6) is 0.493. The lowest BCUT2D eigenvalue weighted by Gasteiger charge is -2.17. The van der Waals surface area contributed by atoms with Gasteiger partial charge in [-0.25, -0.2) is 9.97 Å². The first-order valence-electron chi connectivity index (χ1n) is 8.56. The first-order valence-corrected chi connectivity index (χ1v) is 8.56. The minimum Gasteiger partial charge on any atom is -0.362 e. The van der Waals surface area contributed by atoms with Crippen LogP contribution < -0.4 is 5.32 Å². The summed E-state index contributed by atoms with van der Waals surface area (Å²) in [6.45, 7) is 2.59. The van der Waals surface area contributed by atoms with Crippen LogP contribution >= 0.6 is 0 Å². The molecule has 3 aromatic rings. The highest BCUT2D eigenvalue weighted by molar-refractivity contribution is 5.91. The maximum absolute atomic E-state index is 12.5. The molecule has 0 saturated heterocycles. The van der Waals surface area contributed by atoms with Crippen LogP contribution in [0.15, 0.2) is 73.1 Å². The smallest absolute Gasteiger partial charge is 0.274 e. The fraction of sp³-hybridized carbons (Fsp3) is 0.190. The summed E-state index contributed by atoms with van der Waals surface area (Å²) in [6.07, 6.45) is 3.12. The van der Waals surface area contributed by atoms with Crippen LogP contribution in [0.5, 0.6) is 0 Å². The number of carbonyl (C=O) groups is 1. The number of carbonyl (C=O) groups excluding carboxylic acids is 1. The first kappa shape index (κ1) is 17.6. The molecule has 0 radical (unpaired) electrons. The van der Waals surface area contributed by atoms with Gasteiger partial charge in [-0.1, -0.05) is 60.7 Å². The molecule has 1 heterocycles. The Balaban J connectivity index is 1.62. The van der Waals surface area contributed by atoms with Gasteiger partial charge >= 0.3 is 0 Å². The van der Waals surface area contributed by atoms with E-state index in [4.69, 9.17) is 0 Å². The van der Waals surface area contributed by atoms with Gasteiger partial charge in [0.2, 0.25) is 0 Å². The molecule has 1 unspecified atom stereocenters. The highest BCUT2D eigenvalue weighted by Gasteiger charge is 2.14. The fourth-order valence-electron chi connectivity index (χ4n) is 2.68. The highest BCUT2D eigenvalue weighted by atomic mass is 16.2. The molecule has 1 N–H and O–H groups in total. The van der Waals surface area contributed by atoms with Crippen molar-refractivity contribution in [3.63, 3.8) is 0 Å². The second-order valence-corrected chi connectivity index (χ2v) is 6.21. The number of hydrogen-bond donors (Lipinski definition) is 1. The highest BCUT2D eigenvalue weighted by Crippen LogP contribution is 2.17. The van der Waals surface area contributed by atoms with Gasteiger partial charge in [-0.05, 0) is 18.1 Å². The van der Waals surface area contributed by atoms with E-state index in [9.17, 15) is 4.79 Å². The monoisotopic (exact) mass is 346 g/mol. The summed E-state index contributed by atoms with van der Waals surface area (Å²) in [4.78, 5) is 22.8. The summed E-state index contributed by atoms with van der Waals surface area (Å²) in [5, 5.41) is 3.29. The molecular formula is C21H22N4O. The van der Waals surface area contributed by atoms with Crippen molar-refractivity contribution < 1.29 is 4.79 Å². The Kier molecular flexibility index (Phi) is 5.59. The van der Waals surface area contributed by atoms with E-state index in [-0.39, 0.29) is 11.9 Å². The second-order valence-electron chi connectivity index (χ2n) is 6.21. The van der Waals surface area contributed by atoms with Crippen molar-refractivity contribution in [3.05, 3.63) is 89.9 Å². The van der Waals surface area contributed by atoms with Crippen molar-refractivity contribution in [3.8, 4) is 0 Å². The zero-order valence-corrected chi connectivity index (χ0v) is 15.0. The molecule has 0 spiro atoms. The molecule has 0 saturated carbocycles. The van der Waals surface area contributed by atoms with Crippen LogP contribution in [0.3, 0.4) is 0 Å². The van der Waals surface area contributed by atoms with E-state index < -0.39 is 0 Å². The minimum absolute atomic E-state index is 0.104. The summed E-state index contributed by atoms with van der Waals surface area (Å²) in [6, 6.07) is 20.1. The number of nitrogens with zero attached hydrogens (tertiary/aromatic N) is 3. The quantitative estimate of drug-likeness (QED) is 0.735. The minimum atomic E-state index is -0.149. The molecule has 1 atom stereocenters. The summed E-state index contributed by atoms with van der Waals surface area (Å²) < 4.78 is 0. The van der Waals surface area contributed by atoms with Crippen LogP contribution in [-0.2, 0) is 6.54 Å². The predicted molar refractivity (Wildman–Crippen MR) is 103 cm³/mol. The van der Waals surface area contributed by atoms with Crippen LogP contribution in [-0.4, -0.2) is 27.8 Å². The molecule has 1 amide bonds. The number of aromatic nitrogens is 2. The molecule has 26 heavy (non-hydrogen) atoms. The van der Waals surface area contributed by atoms with Crippen LogP contribution in [0, 0.1) is 0 Å². The molecule has 2 aromatic carbocycles. The van der Waals surface area contributed by atoms with Crippen LogP contribution in [0.25, 0.3) is 0 Å². The molecule has 1 aromatic heterocycles. The van der Waals surface area contributed by atoms with E-state index >= 15 is 0 Å². The Hall–Kier alpha value is -3.21. The van der Waals surface area contributed by atoms with Crippen molar-refractivity contribution in [2.24, 2.45) is 0 Å². The maximum Gasteiger partial charge on any atom is 0.274 e. The number of rotatable bonds is 6. The maximum atomic E-state index is 12.5. The van der Waals surface area contributed by atoms with Gasteiger partial charge < -0.3 is 10.2 Å². The Morgan fingerprint density at radius 3 is 2.27 bits per heavy atom. The molecule has 132 valence electrons. The third kappa shape index (κ3) is 4.45. The largest absolute Gasteiger partial charge is 0.362 e. The van der Waals surface area contributed by atoms with E-state index in [0.29, 0.717) is 18.1 Å². The van der Waals surface area contributed by atoms with Gasteiger partial charge in [0.05, 0.1) is 12.4 Å². The normalized spacial score (nSPS) is 11.6. The molecular weight excluding hydrogens is 324 g/mol. The van der Waals surface area contributed by atoms with Crippen LogP contribution in [0.2, 0.25) is 0 Å². The summed E-state index contributed by atoms with van der Waals surface area (Å²) in [7, 11) is 1.76. The molecule has 0 fully saturated rings. The molecule has 3 rings (SSSR count). The van der Waals surface area contributed by atoms with E-state index in [0.717, 1.165) is 11.1 Å². The van der Waals surface area contributed by atoms with Crippen LogP contribution in [0.4, 0.5) is 5.82 Å². The van der Waals surface area contributed by atoms with Gasteiger partial charge in [-0.3, -0.25) is 4.79 Å². The molecule has 0 aliphatic carbocycles. The second kappa shape index (κ2) is 8.25. The van der Waals surface area contributed by atoms with Crippen molar-refractivity contribution >= 4 is 11.7 Å². The Labute approximate surface area is 153 Å². The van der Waals surface area contributed by atoms with Crippen LogP contribution in [0.1, 0.15) is 34.6 Å². The fourth-order valence-corrected chi connectivity index (χ4v) is 2.68. The van der Waals surface area contributed by atoms with Gasteiger partial charge in [-0.2, -0.15) is 0 Å². The van der Waals surface area contributed by atoms with Crippen molar-refractivity contribution in [2.45, 2.75) is 19.5 Å². The average Bonchev–Trinajstić information content (AvgIpc) is 2.69. The standard InChI is InChI=1S/C21H22N4O/c1-16(18-11-7-4-8-12-18)24-20-14-22-19(13-23-20)21(26)25(2)15-17-9-5-3-6-10-17/h3-14,16H,15H2,1-2H3,(H,23,24). The zero-order chi connectivity index (χ0) is 18.4. The Morgan fingerprint density at radius 1 is 1.00 bits per heavy atom. The number of nitrogens with one attached hydrogen (secondary N) is 1. The number of hydrogen-bond acceptors (Lipinski definition) is 4. The SMILES string of the molecule is CC(Nc1cnc(C(=O)N(C)Cc2ccccc2)cn1)c1ccccc1. The Morgan fingerprint density at radius 2 is 1.65 bits per heavy atom. The average molecular weight is 346 g/mol. The number of amides is 1. The lowest BCUT2D eigenvalue weighted by Crippen LogP contribution is -2.27. The summed E-state index contributed by atoms with van der Waals surface area (Å²) >= 11 is 0. The third-order valence-corrected chi connectivity index (χ3v) is 4.14.